The van der Waals surface area contributed by atoms with Gasteiger partial charge in [-0.1, -0.05) is 18.2 Å². The fourth-order valence-corrected chi connectivity index (χ4v) is 1.61. The lowest BCUT2D eigenvalue weighted by Gasteiger charge is -2.06. The fourth-order valence-electron chi connectivity index (χ4n) is 1.61. The molecule has 0 atom stereocenters. The molecule has 0 bridgehead atoms. The molecule has 4 nitrogen and oxygen atoms in total. The van der Waals surface area contributed by atoms with Gasteiger partial charge in [-0.2, -0.15) is 0 Å². The zero-order valence-electron chi connectivity index (χ0n) is 10.5. The number of methoxy groups -OCH3 is 1. The quantitative estimate of drug-likeness (QED) is 0.641. The predicted octanol–water partition coefficient (Wildman–Crippen LogP) is 2.20. The van der Waals surface area contributed by atoms with E-state index in [2.05, 4.69) is 4.74 Å². The van der Waals surface area contributed by atoms with Crippen molar-refractivity contribution < 1.29 is 19.4 Å². The maximum Gasteiger partial charge on any atom is 0.328 e. The Labute approximate surface area is 106 Å². The van der Waals surface area contributed by atoms with E-state index < -0.39 is 5.97 Å². The number of aryl methyl sites for hydroxylation is 2. The summed E-state index contributed by atoms with van der Waals surface area (Å²) in [5, 5.41) is 8.53. The number of hydrogen-bond donors (Lipinski definition) is 1. The molecule has 96 valence electrons. The van der Waals surface area contributed by atoms with Gasteiger partial charge in [0.05, 0.1) is 7.11 Å². The monoisotopic (exact) mass is 248 g/mol. The molecule has 0 aliphatic heterocycles. The van der Waals surface area contributed by atoms with Crippen LogP contribution in [0.5, 0.6) is 0 Å². The van der Waals surface area contributed by atoms with Gasteiger partial charge >= 0.3 is 11.9 Å². The van der Waals surface area contributed by atoms with Crippen LogP contribution in [0.2, 0.25) is 0 Å². The number of carboxylic acids is 1. The molecule has 0 spiro atoms. The zero-order valence-corrected chi connectivity index (χ0v) is 10.5. The highest BCUT2D eigenvalue weighted by atomic mass is 16.5. The third kappa shape index (κ3) is 4.41. The SMILES string of the molecule is COC(=O)CCc1ccc(/C=C/C(=O)O)cc1C. The molecule has 0 amide bonds. The highest BCUT2D eigenvalue weighted by molar-refractivity contribution is 5.85. The van der Waals surface area contributed by atoms with Crippen molar-refractivity contribution in [1.29, 1.82) is 0 Å². The molecule has 0 unspecified atom stereocenters. The number of esters is 1. The first-order valence-electron chi connectivity index (χ1n) is 5.60. The van der Waals surface area contributed by atoms with E-state index >= 15 is 0 Å². The van der Waals surface area contributed by atoms with E-state index in [9.17, 15) is 9.59 Å². The maximum absolute atomic E-state index is 11.0. The van der Waals surface area contributed by atoms with Crippen LogP contribution in [0.3, 0.4) is 0 Å². The van der Waals surface area contributed by atoms with Gasteiger partial charge in [0.25, 0.3) is 0 Å². The van der Waals surface area contributed by atoms with E-state index in [1.54, 1.807) is 6.08 Å². The van der Waals surface area contributed by atoms with Gasteiger partial charge in [0, 0.05) is 12.5 Å². The highest BCUT2D eigenvalue weighted by Gasteiger charge is 2.04. The Bertz CT molecular complexity index is 475. The molecule has 0 aliphatic carbocycles. The van der Waals surface area contributed by atoms with Gasteiger partial charge in [-0.25, -0.2) is 4.79 Å². The number of carbonyl (C=O) groups is 2. The molecule has 1 aromatic carbocycles. The predicted molar refractivity (Wildman–Crippen MR) is 68.2 cm³/mol. The summed E-state index contributed by atoms with van der Waals surface area (Å²) in [6.45, 7) is 1.94. The van der Waals surface area contributed by atoms with Gasteiger partial charge in [0.15, 0.2) is 0 Å². The molecule has 0 fully saturated rings. The smallest absolute Gasteiger partial charge is 0.328 e. The summed E-state index contributed by atoms with van der Waals surface area (Å²) in [5.74, 6) is -1.20. The molecule has 0 aromatic heterocycles. The number of aliphatic carboxylic acids is 1. The number of rotatable bonds is 5. The van der Waals surface area contributed by atoms with E-state index in [-0.39, 0.29) is 5.97 Å². The maximum atomic E-state index is 11.0. The lowest BCUT2D eigenvalue weighted by Crippen LogP contribution is -2.02. The average molecular weight is 248 g/mol. The Morgan fingerprint density at radius 2 is 2.11 bits per heavy atom. The zero-order chi connectivity index (χ0) is 13.5. The second-order valence-corrected chi connectivity index (χ2v) is 3.93. The Morgan fingerprint density at radius 3 is 2.67 bits per heavy atom. The Hall–Kier alpha value is -2.10. The van der Waals surface area contributed by atoms with Gasteiger partial charge in [0.2, 0.25) is 0 Å². The van der Waals surface area contributed by atoms with E-state index in [0.717, 1.165) is 22.8 Å². The van der Waals surface area contributed by atoms with Crippen molar-refractivity contribution in [1.82, 2.24) is 0 Å². The van der Waals surface area contributed by atoms with E-state index in [1.807, 2.05) is 25.1 Å². The van der Waals surface area contributed by atoms with Gasteiger partial charge in [0.1, 0.15) is 0 Å². The summed E-state index contributed by atoms with van der Waals surface area (Å²) < 4.78 is 4.59. The van der Waals surface area contributed by atoms with Crippen LogP contribution >= 0.6 is 0 Å². The lowest BCUT2D eigenvalue weighted by atomic mass is 10.0. The van der Waals surface area contributed by atoms with Crippen molar-refractivity contribution in [3.63, 3.8) is 0 Å². The first kappa shape index (κ1) is 14.0. The lowest BCUT2D eigenvalue weighted by molar-refractivity contribution is -0.140. The number of benzene rings is 1. The van der Waals surface area contributed by atoms with Crippen LogP contribution < -0.4 is 0 Å². The molecule has 0 aliphatic rings. The van der Waals surface area contributed by atoms with Crippen LogP contribution in [-0.2, 0) is 20.7 Å². The first-order chi connectivity index (χ1) is 8.52. The number of carbonyl (C=O) groups excluding carboxylic acids is 1. The normalized spacial score (nSPS) is 10.6. The van der Waals surface area contributed by atoms with Crippen molar-refractivity contribution in [2.45, 2.75) is 19.8 Å². The average Bonchev–Trinajstić information content (AvgIpc) is 2.34. The number of ether oxygens (including phenoxy) is 1. The summed E-state index contributed by atoms with van der Waals surface area (Å²) in [6.07, 6.45) is 3.62. The Morgan fingerprint density at radius 1 is 1.39 bits per heavy atom. The molecular weight excluding hydrogens is 232 g/mol. The van der Waals surface area contributed by atoms with E-state index in [4.69, 9.17) is 5.11 Å². The number of carboxylic acid groups (broad SMARTS) is 1. The summed E-state index contributed by atoms with van der Waals surface area (Å²) >= 11 is 0. The van der Waals surface area contributed by atoms with Crippen molar-refractivity contribution in [2.24, 2.45) is 0 Å². The largest absolute Gasteiger partial charge is 0.478 e. The molecule has 1 aromatic rings. The minimum absolute atomic E-state index is 0.232. The van der Waals surface area contributed by atoms with Gasteiger partial charge in [-0.15, -0.1) is 0 Å². The van der Waals surface area contributed by atoms with Crippen LogP contribution in [0.1, 0.15) is 23.1 Å². The highest BCUT2D eigenvalue weighted by Crippen LogP contribution is 2.14. The van der Waals surface area contributed by atoms with Gasteiger partial charge < -0.3 is 9.84 Å². The molecule has 18 heavy (non-hydrogen) atoms. The minimum atomic E-state index is -0.970. The van der Waals surface area contributed by atoms with Crippen molar-refractivity contribution in [2.75, 3.05) is 7.11 Å². The third-order valence-electron chi connectivity index (χ3n) is 2.61. The van der Waals surface area contributed by atoms with E-state index in [0.29, 0.717) is 12.8 Å². The minimum Gasteiger partial charge on any atom is -0.478 e. The summed E-state index contributed by atoms with van der Waals surface area (Å²) in [7, 11) is 1.37. The van der Waals surface area contributed by atoms with Crippen LogP contribution in [0.4, 0.5) is 0 Å². The Balaban J connectivity index is 2.73. The third-order valence-corrected chi connectivity index (χ3v) is 2.61. The van der Waals surface area contributed by atoms with Crippen LogP contribution in [0.25, 0.3) is 6.08 Å². The summed E-state index contributed by atoms with van der Waals surface area (Å²) in [4.78, 5) is 21.4. The van der Waals surface area contributed by atoms with Crippen LogP contribution in [-0.4, -0.2) is 24.2 Å². The summed E-state index contributed by atoms with van der Waals surface area (Å²) in [6, 6.07) is 5.63. The number of hydrogen-bond acceptors (Lipinski definition) is 3. The second kappa shape index (κ2) is 6.59. The standard InChI is InChI=1S/C14H16O4/c1-10-9-11(4-7-13(15)16)3-5-12(10)6-8-14(17)18-2/h3-5,7,9H,6,8H2,1-2H3,(H,15,16)/b7-4+. The fraction of sp³-hybridized carbons (Fsp3) is 0.286. The molecule has 0 saturated carbocycles. The molecule has 4 heteroatoms. The Kier molecular flexibility index (Phi) is 5.11. The van der Waals surface area contributed by atoms with Crippen molar-refractivity contribution >= 4 is 18.0 Å². The topological polar surface area (TPSA) is 63.6 Å². The molecule has 0 radical (unpaired) electrons. The molecular formula is C14H16O4. The van der Waals surface area contributed by atoms with Gasteiger partial charge in [-0.05, 0) is 36.1 Å². The van der Waals surface area contributed by atoms with E-state index in [1.165, 1.54) is 7.11 Å². The molecule has 1 N–H and O–H groups in total. The second-order valence-electron chi connectivity index (χ2n) is 3.93. The van der Waals surface area contributed by atoms with Crippen molar-refractivity contribution in [3.8, 4) is 0 Å². The first-order valence-corrected chi connectivity index (χ1v) is 5.60. The molecule has 0 heterocycles. The summed E-state index contributed by atoms with van der Waals surface area (Å²) in [5.41, 5.74) is 2.93. The molecule has 0 saturated heterocycles. The van der Waals surface area contributed by atoms with Crippen LogP contribution in [0.15, 0.2) is 24.3 Å². The van der Waals surface area contributed by atoms with Crippen LogP contribution in [0, 0.1) is 6.92 Å². The molecule has 1 rings (SSSR count). The van der Waals surface area contributed by atoms with Gasteiger partial charge in [-0.3, -0.25) is 4.79 Å². The van der Waals surface area contributed by atoms with Crippen molar-refractivity contribution in [3.05, 3.63) is 41.0 Å².